The number of hydrogen-bond donors (Lipinski definition) is 0. The number of benzene rings is 1. The Morgan fingerprint density at radius 2 is 1.47 bits per heavy atom. The van der Waals surface area contributed by atoms with Gasteiger partial charge in [-0.3, -0.25) is 0 Å². The van der Waals surface area contributed by atoms with Crippen LogP contribution in [-0.2, 0) is 15.7 Å². The zero-order valence-corrected chi connectivity index (χ0v) is 21.7. The first-order chi connectivity index (χ1) is 14.1. The van der Waals surface area contributed by atoms with Crippen LogP contribution in [0.3, 0.4) is 0 Å². The molecule has 1 aromatic carbocycles. The molecule has 1 heterocycles. The number of hydrogen-bond acceptors (Lipinski definition) is 3. The summed E-state index contributed by atoms with van der Waals surface area (Å²) in [6.45, 7) is 10.8. The molecule has 1 aliphatic rings. The standard InChI is InChI=1S/C14H15N3O.C10H15.ClH.Ir/c1-17(2)12-8-6-11(7-9-12)16-14(18)13-5-3-4-10-15-13;1-6-7(2)9(4)10(5)8(6)3;;/h3-10H,1-2H3,(H,16,18);1-5H3;1H;/q;;;+1/p-2. The van der Waals surface area contributed by atoms with Crippen LogP contribution in [0.2, 0.25) is 3.93 Å². The van der Waals surface area contributed by atoms with Gasteiger partial charge in [0.25, 0.3) is 0 Å². The molecule has 1 aliphatic carbocycles. The Morgan fingerprint density at radius 1 is 0.933 bits per heavy atom. The van der Waals surface area contributed by atoms with E-state index in [1.807, 2.05) is 59.0 Å². The number of aromatic nitrogens is 1. The fourth-order valence-electron chi connectivity index (χ4n) is 3.60. The minimum absolute atomic E-state index is 0.137. The first kappa shape index (κ1) is 22.7. The van der Waals surface area contributed by atoms with Crippen molar-refractivity contribution in [3.05, 3.63) is 76.6 Å². The molecule has 0 bridgehead atoms. The number of anilines is 2. The fraction of sp³-hybridized carbons (Fsp3) is 0.333. The van der Waals surface area contributed by atoms with E-state index in [1.54, 1.807) is 12.3 Å². The molecule has 3 rings (SSSR count). The summed E-state index contributed by atoms with van der Waals surface area (Å²) in [4.78, 5) is 20.0. The van der Waals surface area contributed by atoms with Gasteiger partial charge in [0, 0.05) is 0 Å². The molecule has 1 aromatic heterocycles. The molecule has 0 saturated carbocycles. The maximum absolute atomic E-state index is 13.7. The van der Waals surface area contributed by atoms with Crippen LogP contribution in [-0.4, -0.2) is 25.0 Å². The SMILES string of the molecule is CC1=C(C)[C](C)([Ir-]([Cl])[N](C(=O)c2ccccn2)c2ccc(N(C)C)cc2)C(C)=C1C. The Bertz CT molecular complexity index is 989. The minimum atomic E-state index is -2.74. The van der Waals surface area contributed by atoms with Crippen LogP contribution in [0.1, 0.15) is 45.1 Å². The van der Waals surface area contributed by atoms with Gasteiger partial charge in [-0.2, -0.15) is 0 Å². The summed E-state index contributed by atoms with van der Waals surface area (Å²) in [5, 5.41) is 0. The number of nitrogens with zero attached hydrogens (tertiary/aromatic N) is 3. The second-order valence-electron chi connectivity index (χ2n) is 7.84. The molecular formula is C24H29ClIrN3O-. The molecular weight excluding hydrogens is 574 g/mol. The maximum atomic E-state index is 13.7. The molecule has 1 amide bonds. The third-order valence-corrected chi connectivity index (χ3v) is 14.9. The molecule has 0 saturated heterocycles. The summed E-state index contributed by atoms with van der Waals surface area (Å²) in [7, 11) is 11.4. The van der Waals surface area contributed by atoms with Crippen LogP contribution in [0.5, 0.6) is 0 Å². The van der Waals surface area contributed by atoms with E-state index >= 15 is 0 Å². The van der Waals surface area contributed by atoms with E-state index in [4.69, 9.17) is 9.58 Å². The summed E-state index contributed by atoms with van der Waals surface area (Å²) >= 11 is -2.74. The van der Waals surface area contributed by atoms with Crippen molar-refractivity contribution in [3.63, 3.8) is 0 Å². The number of halogens is 1. The van der Waals surface area contributed by atoms with Crippen LogP contribution in [0, 0.1) is 0 Å². The third kappa shape index (κ3) is 3.75. The van der Waals surface area contributed by atoms with Crippen LogP contribution in [0.4, 0.5) is 11.4 Å². The summed E-state index contributed by atoms with van der Waals surface area (Å²) < 4.78 is 1.54. The fourth-order valence-corrected chi connectivity index (χ4v) is 11.1. The van der Waals surface area contributed by atoms with E-state index in [0.29, 0.717) is 5.69 Å². The average molecular weight is 603 g/mol. The number of allylic oxidation sites excluding steroid dienone is 4. The molecule has 2 aromatic rings. The van der Waals surface area contributed by atoms with Crippen LogP contribution in [0.25, 0.3) is 0 Å². The van der Waals surface area contributed by atoms with Gasteiger partial charge in [0.05, 0.1) is 0 Å². The predicted octanol–water partition coefficient (Wildman–Crippen LogP) is 6.35. The Labute approximate surface area is 189 Å². The molecule has 6 heteroatoms. The summed E-state index contributed by atoms with van der Waals surface area (Å²) in [6.07, 6.45) is 1.65. The zero-order valence-electron chi connectivity index (χ0n) is 18.6. The Hall–Kier alpha value is -1.94. The van der Waals surface area contributed by atoms with Crippen molar-refractivity contribution in [1.82, 2.24) is 4.98 Å². The summed E-state index contributed by atoms with van der Waals surface area (Å²) in [5.74, 6) is -0.137. The average Bonchev–Trinajstić information content (AvgIpc) is 2.90. The van der Waals surface area contributed by atoms with E-state index in [0.717, 1.165) is 11.4 Å². The second-order valence-corrected chi connectivity index (χ2v) is 14.7. The first-order valence-corrected chi connectivity index (χ1v) is 15.0. The third-order valence-electron chi connectivity index (χ3n) is 6.10. The van der Waals surface area contributed by atoms with E-state index in [2.05, 4.69) is 39.6 Å². The van der Waals surface area contributed by atoms with Gasteiger partial charge in [-0.1, -0.05) is 0 Å². The van der Waals surface area contributed by atoms with Crippen molar-refractivity contribution >= 4 is 26.9 Å². The van der Waals surface area contributed by atoms with E-state index < -0.39 is 15.7 Å². The van der Waals surface area contributed by atoms with Gasteiger partial charge in [-0.25, -0.2) is 0 Å². The number of carbonyl (C=O) groups is 1. The summed E-state index contributed by atoms with van der Waals surface area (Å²) in [6, 6.07) is 13.4. The molecule has 0 radical (unpaired) electrons. The predicted molar refractivity (Wildman–Crippen MR) is 123 cm³/mol. The van der Waals surface area contributed by atoms with Gasteiger partial charge in [-0.15, -0.1) is 0 Å². The quantitative estimate of drug-likeness (QED) is 0.400. The number of carbonyl (C=O) groups excluding carboxylic acids is 1. The number of amides is 1. The van der Waals surface area contributed by atoms with Gasteiger partial charge < -0.3 is 0 Å². The van der Waals surface area contributed by atoms with Crippen LogP contribution < -0.4 is 8.47 Å². The molecule has 30 heavy (non-hydrogen) atoms. The van der Waals surface area contributed by atoms with Gasteiger partial charge in [0.15, 0.2) is 0 Å². The number of rotatable bonds is 5. The second kappa shape index (κ2) is 8.66. The molecule has 0 unspecified atom stereocenters. The Kier molecular flexibility index (Phi) is 6.57. The normalized spacial score (nSPS) is 16.1. The first-order valence-electron chi connectivity index (χ1n) is 9.80. The van der Waals surface area contributed by atoms with Crippen LogP contribution in [0.15, 0.2) is 71.0 Å². The van der Waals surface area contributed by atoms with Crippen molar-refractivity contribution < 1.29 is 20.5 Å². The van der Waals surface area contributed by atoms with Gasteiger partial charge in [0.1, 0.15) is 0 Å². The molecule has 0 fully saturated rings. The molecule has 0 aliphatic heterocycles. The van der Waals surface area contributed by atoms with Crippen LogP contribution >= 0.6 is 9.58 Å². The molecule has 0 N–H and O–H groups in total. The molecule has 4 nitrogen and oxygen atoms in total. The van der Waals surface area contributed by atoms with Crippen molar-refractivity contribution in [3.8, 4) is 0 Å². The van der Waals surface area contributed by atoms with Crippen molar-refractivity contribution in [1.29, 1.82) is 0 Å². The van der Waals surface area contributed by atoms with Gasteiger partial charge in [-0.05, 0) is 0 Å². The molecule has 0 spiro atoms. The van der Waals surface area contributed by atoms with E-state index in [9.17, 15) is 4.79 Å². The van der Waals surface area contributed by atoms with Crippen molar-refractivity contribution in [2.24, 2.45) is 0 Å². The summed E-state index contributed by atoms with van der Waals surface area (Å²) in [5.41, 5.74) is 7.43. The van der Waals surface area contributed by atoms with Gasteiger partial charge in [0.2, 0.25) is 0 Å². The van der Waals surface area contributed by atoms with E-state index in [-0.39, 0.29) is 9.84 Å². The molecule has 163 valence electrons. The Morgan fingerprint density at radius 3 is 1.93 bits per heavy atom. The monoisotopic (exact) mass is 603 g/mol. The van der Waals surface area contributed by atoms with E-state index in [1.165, 1.54) is 22.3 Å². The topological polar surface area (TPSA) is 36.4 Å². The Balaban J connectivity index is 2.13. The van der Waals surface area contributed by atoms with Gasteiger partial charge >= 0.3 is 190 Å². The zero-order chi connectivity index (χ0) is 22.2. The molecule has 0 atom stereocenters. The van der Waals surface area contributed by atoms with Crippen molar-refractivity contribution in [2.75, 3.05) is 22.6 Å². The number of pyridine rings is 1. The van der Waals surface area contributed by atoms with Crippen molar-refractivity contribution in [2.45, 2.75) is 38.5 Å².